The molecule has 1 aromatic carbocycles. The average molecular weight is 359 g/mol. The molecule has 1 unspecified atom stereocenters. The lowest BCUT2D eigenvalue weighted by atomic mass is 9.73. The van der Waals surface area contributed by atoms with Crippen molar-refractivity contribution >= 4 is 29.9 Å². The Morgan fingerprint density at radius 1 is 1.30 bits per heavy atom. The van der Waals surface area contributed by atoms with E-state index in [0.717, 1.165) is 5.56 Å². The maximum Gasteiger partial charge on any atom is 0.230 e. The monoisotopic (exact) mass is 358 g/mol. The van der Waals surface area contributed by atoms with Crippen LogP contribution in [0.15, 0.2) is 24.3 Å². The zero-order valence-electron chi connectivity index (χ0n) is 13.1. The van der Waals surface area contributed by atoms with Gasteiger partial charge in [0.1, 0.15) is 0 Å². The molecule has 3 rings (SSSR count). The van der Waals surface area contributed by atoms with Gasteiger partial charge in [-0.3, -0.25) is 4.79 Å². The first-order valence-corrected chi connectivity index (χ1v) is 8.37. The summed E-state index contributed by atoms with van der Waals surface area (Å²) in [5.41, 5.74) is 6.59. The van der Waals surface area contributed by atoms with E-state index < -0.39 is 5.41 Å². The highest BCUT2D eigenvalue weighted by Gasteiger charge is 2.42. The summed E-state index contributed by atoms with van der Waals surface area (Å²) in [7, 11) is 0. The van der Waals surface area contributed by atoms with Crippen LogP contribution in [0, 0.1) is 5.92 Å². The smallest absolute Gasteiger partial charge is 0.230 e. The molecule has 128 valence electrons. The normalized spacial score (nSPS) is 21.1. The Kier molecular flexibility index (Phi) is 6.32. The fourth-order valence-electron chi connectivity index (χ4n) is 3.21. The van der Waals surface area contributed by atoms with Gasteiger partial charge >= 0.3 is 0 Å². The van der Waals surface area contributed by atoms with E-state index in [-0.39, 0.29) is 24.4 Å². The molecule has 23 heavy (non-hydrogen) atoms. The van der Waals surface area contributed by atoms with Gasteiger partial charge in [0.15, 0.2) is 0 Å². The summed E-state index contributed by atoms with van der Waals surface area (Å²) in [4.78, 5) is 12.9. The summed E-state index contributed by atoms with van der Waals surface area (Å²) in [6.07, 6.45) is 3.76. The minimum atomic E-state index is -0.522. The van der Waals surface area contributed by atoms with E-state index in [4.69, 9.17) is 22.1 Å². The van der Waals surface area contributed by atoms with Gasteiger partial charge in [-0.15, -0.1) is 12.4 Å². The van der Waals surface area contributed by atoms with Crippen molar-refractivity contribution in [3.05, 3.63) is 34.9 Å². The van der Waals surface area contributed by atoms with Crippen LogP contribution in [0.3, 0.4) is 0 Å². The number of amides is 1. The first-order chi connectivity index (χ1) is 10.6. The molecule has 0 bridgehead atoms. The first-order valence-electron chi connectivity index (χ1n) is 7.99. The molecule has 1 saturated heterocycles. The van der Waals surface area contributed by atoms with E-state index in [9.17, 15) is 4.79 Å². The molecule has 1 atom stereocenters. The standard InChI is InChI=1S/C17H23ClN2O2.ClH/c18-14-5-3-13(4-6-14)17(7-9-22-10-8-17)16(21)20-11-15(19)12-1-2-12;/h3-6,12,15H,1-2,7-11,19H2,(H,20,21);1H. The molecule has 1 aromatic rings. The highest BCUT2D eigenvalue weighted by atomic mass is 35.5. The third-order valence-electron chi connectivity index (χ3n) is 4.90. The Morgan fingerprint density at radius 2 is 1.91 bits per heavy atom. The molecule has 6 heteroatoms. The van der Waals surface area contributed by atoms with Crippen molar-refractivity contribution in [2.75, 3.05) is 19.8 Å². The van der Waals surface area contributed by atoms with E-state index in [1.807, 2.05) is 24.3 Å². The highest BCUT2D eigenvalue weighted by Crippen LogP contribution is 2.36. The largest absolute Gasteiger partial charge is 0.381 e. The van der Waals surface area contributed by atoms with Crippen molar-refractivity contribution in [1.29, 1.82) is 0 Å². The topological polar surface area (TPSA) is 64.3 Å². The number of benzene rings is 1. The molecule has 3 N–H and O–H groups in total. The summed E-state index contributed by atoms with van der Waals surface area (Å²) in [5.74, 6) is 0.649. The van der Waals surface area contributed by atoms with Gasteiger partial charge in [0, 0.05) is 30.8 Å². The Balaban J connectivity index is 0.00000192. The number of rotatable bonds is 5. The van der Waals surface area contributed by atoms with Gasteiger partial charge in [-0.1, -0.05) is 23.7 Å². The number of halogens is 2. The Labute approximate surface area is 148 Å². The van der Waals surface area contributed by atoms with Crippen LogP contribution >= 0.6 is 24.0 Å². The number of nitrogens with one attached hydrogen (secondary N) is 1. The summed E-state index contributed by atoms with van der Waals surface area (Å²) in [5, 5.41) is 3.76. The van der Waals surface area contributed by atoms with Gasteiger partial charge in [0.2, 0.25) is 5.91 Å². The number of nitrogens with two attached hydrogens (primary N) is 1. The summed E-state index contributed by atoms with van der Waals surface area (Å²) in [6.45, 7) is 1.76. The minimum Gasteiger partial charge on any atom is -0.381 e. The number of ether oxygens (including phenoxy) is 1. The molecule has 0 radical (unpaired) electrons. The average Bonchev–Trinajstić information content (AvgIpc) is 3.38. The highest BCUT2D eigenvalue weighted by molar-refractivity contribution is 6.30. The van der Waals surface area contributed by atoms with E-state index >= 15 is 0 Å². The van der Waals surface area contributed by atoms with Crippen LogP contribution in [0.4, 0.5) is 0 Å². The van der Waals surface area contributed by atoms with E-state index in [1.165, 1.54) is 12.8 Å². The molecule has 4 nitrogen and oxygen atoms in total. The fourth-order valence-corrected chi connectivity index (χ4v) is 3.33. The zero-order valence-corrected chi connectivity index (χ0v) is 14.7. The van der Waals surface area contributed by atoms with Crippen LogP contribution < -0.4 is 11.1 Å². The van der Waals surface area contributed by atoms with Crippen LogP contribution in [-0.2, 0) is 14.9 Å². The number of carbonyl (C=O) groups excluding carboxylic acids is 1. The van der Waals surface area contributed by atoms with Gasteiger partial charge in [-0.2, -0.15) is 0 Å². The van der Waals surface area contributed by atoms with Gasteiger partial charge in [-0.05, 0) is 49.3 Å². The van der Waals surface area contributed by atoms with Crippen LogP contribution in [0.25, 0.3) is 0 Å². The van der Waals surface area contributed by atoms with Gasteiger partial charge in [0.05, 0.1) is 5.41 Å². The van der Waals surface area contributed by atoms with Crippen molar-refractivity contribution < 1.29 is 9.53 Å². The molecule has 0 aromatic heterocycles. The Morgan fingerprint density at radius 3 is 2.48 bits per heavy atom. The van der Waals surface area contributed by atoms with E-state index in [1.54, 1.807) is 0 Å². The van der Waals surface area contributed by atoms with Gasteiger partial charge in [0.25, 0.3) is 0 Å². The van der Waals surface area contributed by atoms with Crippen molar-refractivity contribution in [3.63, 3.8) is 0 Å². The Bertz CT molecular complexity index is 526. The zero-order chi connectivity index (χ0) is 15.6. The molecule has 0 spiro atoms. The molecular formula is C17H24Cl2N2O2. The fraction of sp³-hybridized carbons (Fsp3) is 0.588. The van der Waals surface area contributed by atoms with E-state index in [0.29, 0.717) is 43.5 Å². The summed E-state index contributed by atoms with van der Waals surface area (Å²) < 4.78 is 5.46. The van der Waals surface area contributed by atoms with Crippen LogP contribution in [0.1, 0.15) is 31.2 Å². The summed E-state index contributed by atoms with van der Waals surface area (Å²) >= 11 is 5.98. The van der Waals surface area contributed by atoms with Gasteiger partial charge < -0.3 is 15.8 Å². The molecule has 1 saturated carbocycles. The van der Waals surface area contributed by atoms with Crippen molar-refractivity contribution in [2.24, 2.45) is 11.7 Å². The molecular weight excluding hydrogens is 335 g/mol. The lowest BCUT2D eigenvalue weighted by molar-refractivity contribution is -0.130. The second-order valence-corrected chi connectivity index (χ2v) is 6.85. The predicted octanol–water partition coefficient (Wildman–Crippen LogP) is 2.66. The molecule has 1 aliphatic heterocycles. The Hall–Kier alpha value is -0.810. The molecule has 2 aliphatic rings. The van der Waals surface area contributed by atoms with Crippen molar-refractivity contribution in [2.45, 2.75) is 37.1 Å². The maximum absolute atomic E-state index is 12.9. The van der Waals surface area contributed by atoms with Crippen molar-refractivity contribution in [1.82, 2.24) is 5.32 Å². The number of hydrogen-bond acceptors (Lipinski definition) is 3. The third kappa shape index (κ3) is 4.18. The van der Waals surface area contributed by atoms with Crippen LogP contribution in [0.2, 0.25) is 5.02 Å². The number of hydrogen-bond donors (Lipinski definition) is 2. The molecule has 1 heterocycles. The second kappa shape index (κ2) is 7.84. The van der Waals surface area contributed by atoms with Crippen LogP contribution in [-0.4, -0.2) is 31.7 Å². The minimum absolute atomic E-state index is 0. The molecule has 2 fully saturated rings. The molecule has 1 amide bonds. The first kappa shape index (κ1) is 18.5. The van der Waals surface area contributed by atoms with E-state index in [2.05, 4.69) is 5.32 Å². The lowest BCUT2D eigenvalue weighted by Gasteiger charge is -2.36. The van der Waals surface area contributed by atoms with Crippen LogP contribution in [0.5, 0.6) is 0 Å². The van der Waals surface area contributed by atoms with Gasteiger partial charge in [-0.25, -0.2) is 0 Å². The quantitative estimate of drug-likeness (QED) is 0.850. The molecule has 1 aliphatic carbocycles. The second-order valence-electron chi connectivity index (χ2n) is 6.41. The number of carbonyl (C=O) groups is 1. The predicted molar refractivity (Wildman–Crippen MR) is 94.1 cm³/mol. The SMILES string of the molecule is Cl.NC(CNC(=O)C1(c2ccc(Cl)cc2)CCOCC1)C1CC1. The summed E-state index contributed by atoms with van der Waals surface area (Å²) in [6, 6.07) is 7.67. The lowest BCUT2D eigenvalue weighted by Crippen LogP contribution is -2.50. The third-order valence-corrected chi connectivity index (χ3v) is 5.16. The maximum atomic E-state index is 12.9. The van der Waals surface area contributed by atoms with Crippen molar-refractivity contribution in [3.8, 4) is 0 Å².